The summed E-state index contributed by atoms with van der Waals surface area (Å²) in [5.74, 6) is 0.970. The van der Waals surface area contributed by atoms with Crippen LogP contribution in [0.2, 0.25) is 0 Å². The number of rotatable bonds is 5. The molecule has 2 rings (SSSR count). The fourth-order valence-electron chi connectivity index (χ4n) is 3.04. The van der Waals surface area contributed by atoms with Crippen LogP contribution in [0.25, 0.3) is 0 Å². The minimum atomic E-state index is 0.582. The molecule has 106 valence electrons. The van der Waals surface area contributed by atoms with Gasteiger partial charge in [0.15, 0.2) is 0 Å². The molecule has 1 aliphatic heterocycles. The largest absolute Gasteiger partial charge is 0.373 e. The van der Waals surface area contributed by atoms with Gasteiger partial charge in [-0.1, -0.05) is 25.8 Å². The summed E-state index contributed by atoms with van der Waals surface area (Å²) in [6, 6.07) is 4.96. The molecule has 0 saturated carbocycles. The molecule has 0 aliphatic carbocycles. The number of aromatic nitrogens is 1. The first-order valence-electron chi connectivity index (χ1n) is 7.65. The Morgan fingerprint density at radius 1 is 1.37 bits per heavy atom. The number of pyridine rings is 1. The van der Waals surface area contributed by atoms with Crippen LogP contribution >= 0.6 is 0 Å². The van der Waals surface area contributed by atoms with Gasteiger partial charge in [0.25, 0.3) is 0 Å². The molecule has 19 heavy (non-hydrogen) atoms. The smallest absolute Gasteiger partial charge is 0.125 e. The molecule has 1 N–H and O–H groups in total. The van der Waals surface area contributed by atoms with E-state index < -0.39 is 0 Å². The zero-order valence-corrected chi connectivity index (χ0v) is 12.6. The van der Waals surface area contributed by atoms with Crippen molar-refractivity contribution in [2.45, 2.75) is 52.0 Å². The Balaban J connectivity index is 2.17. The Kier molecular flexibility index (Phi) is 5.20. The molecule has 3 nitrogen and oxygen atoms in total. The zero-order chi connectivity index (χ0) is 13.7. The summed E-state index contributed by atoms with van der Waals surface area (Å²) in [7, 11) is 1.93. The van der Waals surface area contributed by atoms with Gasteiger partial charge in [-0.15, -0.1) is 0 Å². The summed E-state index contributed by atoms with van der Waals surface area (Å²) in [5, 5.41) is 3.12. The van der Waals surface area contributed by atoms with Crippen LogP contribution in [0.3, 0.4) is 0 Å². The van der Waals surface area contributed by atoms with Gasteiger partial charge in [-0.05, 0) is 50.9 Å². The summed E-state index contributed by atoms with van der Waals surface area (Å²) in [6.45, 7) is 6.89. The lowest BCUT2D eigenvalue weighted by atomic mass is 9.94. The van der Waals surface area contributed by atoms with Gasteiger partial charge in [0, 0.05) is 18.8 Å². The van der Waals surface area contributed by atoms with Crippen molar-refractivity contribution >= 4 is 5.82 Å². The monoisotopic (exact) mass is 261 g/mol. The predicted octanol–water partition coefficient (Wildman–Crippen LogP) is 3.76. The van der Waals surface area contributed by atoms with E-state index in [1.54, 1.807) is 0 Å². The SMILES string of the molecule is CCCCN1CCCCC1c1ccc(NC)nc1C. The van der Waals surface area contributed by atoms with Crippen molar-refractivity contribution < 1.29 is 0 Å². The molecule has 1 aliphatic rings. The molecule has 3 heteroatoms. The fourth-order valence-corrected chi connectivity index (χ4v) is 3.04. The standard InChI is InChI=1S/C16H27N3/c1-4-5-11-19-12-7-6-8-15(19)14-9-10-16(17-3)18-13(14)2/h9-10,15H,4-8,11-12H2,1-3H3,(H,17,18). The lowest BCUT2D eigenvalue weighted by Gasteiger charge is -2.36. The third-order valence-electron chi connectivity index (χ3n) is 4.15. The number of likely N-dealkylation sites (tertiary alicyclic amines) is 1. The molecular formula is C16H27N3. The van der Waals surface area contributed by atoms with Crippen LogP contribution in [0.15, 0.2) is 12.1 Å². The average Bonchev–Trinajstić information content (AvgIpc) is 2.45. The topological polar surface area (TPSA) is 28.2 Å². The maximum Gasteiger partial charge on any atom is 0.125 e. The Hall–Kier alpha value is -1.09. The molecule has 1 saturated heterocycles. The highest BCUT2D eigenvalue weighted by Gasteiger charge is 2.24. The third kappa shape index (κ3) is 3.47. The summed E-state index contributed by atoms with van der Waals surface area (Å²) in [5.41, 5.74) is 2.61. The van der Waals surface area contributed by atoms with E-state index in [0.29, 0.717) is 6.04 Å². The second kappa shape index (κ2) is 6.90. The molecule has 0 spiro atoms. The fraction of sp³-hybridized carbons (Fsp3) is 0.688. The van der Waals surface area contributed by atoms with E-state index >= 15 is 0 Å². The molecule has 1 aromatic rings. The third-order valence-corrected chi connectivity index (χ3v) is 4.15. The van der Waals surface area contributed by atoms with Gasteiger partial charge >= 0.3 is 0 Å². The summed E-state index contributed by atoms with van der Waals surface area (Å²) in [4.78, 5) is 7.31. The van der Waals surface area contributed by atoms with Crippen molar-refractivity contribution in [1.82, 2.24) is 9.88 Å². The zero-order valence-electron chi connectivity index (χ0n) is 12.6. The number of nitrogens with zero attached hydrogens (tertiary/aromatic N) is 2. The van der Waals surface area contributed by atoms with Gasteiger partial charge in [0.05, 0.1) is 0 Å². The van der Waals surface area contributed by atoms with Crippen LogP contribution in [-0.2, 0) is 0 Å². The summed E-state index contributed by atoms with van der Waals surface area (Å²) < 4.78 is 0. The van der Waals surface area contributed by atoms with Crippen molar-refractivity contribution in [2.24, 2.45) is 0 Å². The van der Waals surface area contributed by atoms with Crippen LogP contribution in [0.4, 0.5) is 5.82 Å². The molecule has 0 amide bonds. The number of hydrogen-bond donors (Lipinski definition) is 1. The van der Waals surface area contributed by atoms with Crippen molar-refractivity contribution in [3.05, 3.63) is 23.4 Å². The molecule has 1 fully saturated rings. The average molecular weight is 261 g/mol. The van der Waals surface area contributed by atoms with Crippen LogP contribution in [0, 0.1) is 6.92 Å². The van der Waals surface area contributed by atoms with E-state index in [1.807, 2.05) is 7.05 Å². The number of unbranched alkanes of at least 4 members (excludes halogenated alkanes) is 1. The molecule has 1 aromatic heterocycles. The van der Waals surface area contributed by atoms with E-state index in [0.717, 1.165) is 5.82 Å². The summed E-state index contributed by atoms with van der Waals surface area (Å²) >= 11 is 0. The van der Waals surface area contributed by atoms with Crippen LogP contribution in [0.1, 0.15) is 56.3 Å². The summed E-state index contributed by atoms with van der Waals surface area (Å²) in [6.07, 6.45) is 6.56. The van der Waals surface area contributed by atoms with E-state index in [1.165, 1.54) is 56.5 Å². The van der Waals surface area contributed by atoms with Gasteiger partial charge in [-0.2, -0.15) is 0 Å². The maximum absolute atomic E-state index is 4.64. The van der Waals surface area contributed by atoms with E-state index in [-0.39, 0.29) is 0 Å². The molecular weight excluding hydrogens is 234 g/mol. The molecule has 1 unspecified atom stereocenters. The molecule has 2 heterocycles. The molecule has 1 atom stereocenters. The van der Waals surface area contributed by atoms with Gasteiger partial charge in [0.2, 0.25) is 0 Å². The first-order valence-corrected chi connectivity index (χ1v) is 7.65. The van der Waals surface area contributed by atoms with Crippen LogP contribution < -0.4 is 5.32 Å². The van der Waals surface area contributed by atoms with Gasteiger partial charge < -0.3 is 5.32 Å². The number of anilines is 1. The van der Waals surface area contributed by atoms with Crippen molar-refractivity contribution in [2.75, 3.05) is 25.5 Å². The highest BCUT2D eigenvalue weighted by molar-refractivity contribution is 5.39. The van der Waals surface area contributed by atoms with Crippen molar-refractivity contribution in [1.29, 1.82) is 0 Å². The Bertz CT molecular complexity index is 403. The first-order chi connectivity index (χ1) is 9.26. The first kappa shape index (κ1) is 14.3. The van der Waals surface area contributed by atoms with Crippen molar-refractivity contribution in [3.63, 3.8) is 0 Å². The minimum Gasteiger partial charge on any atom is -0.373 e. The number of aryl methyl sites for hydroxylation is 1. The molecule has 0 bridgehead atoms. The predicted molar refractivity (Wildman–Crippen MR) is 81.6 cm³/mol. The van der Waals surface area contributed by atoms with E-state index in [4.69, 9.17) is 0 Å². The molecule has 0 aromatic carbocycles. The maximum atomic E-state index is 4.64. The van der Waals surface area contributed by atoms with Crippen LogP contribution in [-0.4, -0.2) is 30.0 Å². The normalized spacial score (nSPS) is 20.5. The number of piperidine rings is 1. The Labute approximate surface area is 117 Å². The Morgan fingerprint density at radius 2 is 2.21 bits per heavy atom. The highest BCUT2D eigenvalue weighted by atomic mass is 15.2. The second-order valence-electron chi connectivity index (χ2n) is 5.52. The quantitative estimate of drug-likeness (QED) is 0.874. The van der Waals surface area contributed by atoms with E-state index in [9.17, 15) is 0 Å². The van der Waals surface area contributed by atoms with Crippen molar-refractivity contribution in [3.8, 4) is 0 Å². The number of hydrogen-bond acceptors (Lipinski definition) is 3. The molecule has 0 radical (unpaired) electrons. The lowest BCUT2D eigenvalue weighted by Crippen LogP contribution is -2.34. The highest BCUT2D eigenvalue weighted by Crippen LogP contribution is 2.32. The van der Waals surface area contributed by atoms with Crippen LogP contribution in [0.5, 0.6) is 0 Å². The lowest BCUT2D eigenvalue weighted by molar-refractivity contribution is 0.146. The van der Waals surface area contributed by atoms with E-state index in [2.05, 4.69) is 41.2 Å². The minimum absolute atomic E-state index is 0.582. The second-order valence-corrected chi connectivity index (χ2v) is 5.52. The Morgan fingerprint density at radius 3 is 2.89 bits per heavy atom. The van der Waals surface area contributed by atoms with Gasteiger partial charge in [-0.3, -0.25) is 4.90 Å². The van der Waals surface area contributed by atoms with Gasteiger partial charge in [-0.25, -0.2) is 4.98 Å². The van der Waals surface area contributed by atoms with Gasteiger partial charge in [0.1, 0.15) is 5.82 Å². The number of nitrogens with one attached hydrogen (secondary N) is 1.